The van der Waals surface area contributed by atoms with Gasteiger partial charge >= 0.3 is 0 Å². The maximum atomic E-state index is 6.14. The molecule has 62 valence electrons. The first kappa shape index (κ1) is 10.5. The molecule has 0 N–H and O–H groups in total. The van der Waals surface area contributed by atoms with Crippen molar-refractivity contribution in [3.63, 3.8) is 0 Å². The third kappa shape index (κ3) is 8.47. The number of hydrogen-bond acceptors (Lipinski definition) is 1. The van der Waals surface area contributed by atoms with E-state index in [1.165, 1.54) is 19.0 Å². The van der Waals surface area contributed by atoms with Gasteiger partial charge in [0.1, 0.15) is 0 Å². The van der Waals surface area contributed by atoms with Crippen LogP contribution in [0.1, 0.15) is 6.42 Å². The molecular weight excluding hydrogens is 162 g/mol. The first-order valence-electron chi connectivity index (χ1n) is 3.75. The first-order chi connectivity index (χ1) is 4.42. The van der Waals surface area contributed by atoms with Crippen molar-refractivity contribution in [2.24, 2.45) is 0 Å². The van der Waals surface area contributed by atoms with E-state index in [0.29, 0.717) is 0 Å². The number of rotatable bonds is 4. The molecule has 0 unspecified atom stereocenters. The molecule has 3 heteroatoms. The van der Waals surface area contributed by atoms with Crippen molar-refractivity contribution in [3.05, 3.63) is 0 Å². The van der Waals surface area contributed by atoms with E-state index in [-0.39, 0.29) is 0 Å². The highest BCUT2D eigenvalue weighted by atomic mass is 35.6. The zero-order chi connectivity index (χ0) is 8.20. The van der Waals surface area contributed by atoms with Gasteiger partial charge in [-0.25, -0.2) is 0 Å². The lowest BCUT2D eigenvalue weighted by molar-refractivity contribution is 0.408. The SMILES string of the molecule is CN(C)CCC[Si](C)(C)Cl. The third-order valence-electron chi connectivity index (χ3n) is 1.38. The summed E-state index contributed by atoms with van der Waals surface area (Å²) in [5.41, 5.74) is 0. The molecule has 0 spiro atoms. The summed E-state index contributed by atoms with van der Waals surface area (Å²) in [6.07, 6.45) is 1.25. The summed E-state index contributed by atoms with van der Waals surface area (Å²) in [5.74, 6) is 0. The smallest absolute Gasteiger partial charge is 0.150 e. The molecule has 0 aromatic heterocycles. The molecule has 0 aliphatic heterocycles. The molecule has 0 aliphatic carbocycles. The highest BCUT2D eigenvalue weighted by Crippen LogP contribution is 2.15. The highest BCUT2D eigenvalue weighted by molar-refractivity contribution is 7.19. The summed E-state index contributed by atoms with van der Waals surface area (Å²) >= 11 is 6.14. The van der Waals surface area contributed by atoms with Crippen molar-refractivity contribution >= 4 is 18.5 Å². The summed E-state index contributed by atoms with van der Waals surface area (Å²) in [7, 11) is 2.92. The van der Waals surface area contributed by atoms with Crippen molar-refractivity contribution < 1.29 is 0 Å². The lowest BCUT2D eigenvalue weighted by atomic mass is 10.5. The maximum Gasteiger partial charge on any atom is 0.150 e. The number of nitrogens with zero attached hydrogens (tertiary/aromatic N) is 1. The Labute approximate surface area is 70.1 Å². The van der Waals surface area contributed by atoms with Gasteiger partial charge in [-0.05, 0) is 33.1 Å². The third-order valence-corrected chi connectivity index (χ3v) is 3.49. The Hall–Kier alpha value is 0.467. The molecule has 0 atom stereocenters. The fraction of sp³-hybridized carbons (Fsp3) is 1.00. The van der Waals surface area contributed by atoms with Crippen LogP contribution in [0.4, 0.5) is 0 Å². The zero-order valence-corrected chi connectivity index (χ0v) is 9.20. The fourth-order valence-electron chi connectivity index (χ4n) is 0.816. The zero-order valence-electron chi connectivity index (χ0n) is 7.45. The van der Waals surface area contributed by atoms with Gasteiger partial charge in [-0.2, -0.15) is 11.1 Å². The largest absolute Gasteiger partial charge is 0.309 e. The van der Waals surface area contributed by atoms with Crippen molar-refractivity contribution in [3.8, 4) is 0 Å². The van der Waals surface area contributed by atoms with E-state index in [2.05, 4.69) is 32.1 Å². The van der Waals surface area contributed by atoms with Gasteiger partial charge in [0, 0.05) is 0 Å². The number of halogens is 1. The topological polar surface area (TPSA) is 3.24 Å². The van der Waals surface area contributed by atoms with E-state index in [0.717, 1.165) is 0 Å². The normalized spacial score (nSPS) is 12.6. The molecule has 1 nitrogen and oxygen atoms in total. The standard InChI is InChI=1S/C7H18ClNSi/c1-9(2)6-5-7-10(3,4)8/h5-7H2,1-4H3. The van der Waals surface area contributed by atoms with Gasteiger partial charge in [0.25, 0.3) is 0 Å². The van der Waals surface area contributed by atoms with Gasteiger partial charge in [-0.15, -0.1) is 0 Å². The van der Waals surface area contributed by atoms with Crippen LogP contribution in [0.15, 0.2) is 0 Å². The molecule has 0 radical (unpaired) electrons. The van der Waals surface area contributed by atoms with E-state index in [4.69, 9.17) is 11.1 Å². The predicted octanol–water partition coefficient (Wildman–Crippen LogP) is 2.38. The van der Waals surface area contributed by atoms with E-state index in [1.807, 2.05) is 0 Å². The highest BCUT2D eigenvalue weighted by Gasteiger charge is 2.15. The van der Waals surface area contributed by atoms with Gasteiger partial charge in [-0.3, -0.25) is 0 Å². The minimum absolute atomic E-state index is 1.17. The predicted molar refractivity (Wildman–Crippen MR) is 51.3 cm³/mol. The Kier molecular flexibility index (Phi) is 4.57. The van der Waals surface area contributed by atoms with Crippen LogP contribution in [0.5, 0.6) is 0 Å². The number of hydrogen-bond donors (Lipinski definition) is 0. The van der Waals surface area contributed by atoms with Gasteiger partial charge in [0.05, 0.1) is 0 Å². The molecule has 0 rings (SSSR count). The molecule has 0 saturated carbocycles. The van der Waals surface area contributed by atoms with Gasteiger partial charge in [-0.1, -0.05) is 13.1 Å². The Morgan fingerprint density at radius 2 is 1.80 bits per heavy atom. The Morgan fingerprint density at radius 3 is 2.10 bits per heavy atom. The summed E-state index contributed by atoms with van der Waals surface area (Å²) in [5, 5.41) is 0. The second kappa shape index (κ2) is 4.37. The van der Waals surface area contributed by atoms with Crippen molar-refractivity contribution in [1.82, 2.24) is 4.90 Å². The lowest BCUT2D eigenvalue weighted by Gasteiger charge is -2.14. The Bertz CT molecular complexity index is 88.1. The van der Waals surface area contributed by atoms with Crippen molar-refractivity contribution in [2.75, 3.05) is 20.6 Å². The van der Waals surface area contributed by atoms with E-state index in [1.54, 1.807) is 0 Å². The quantitative estimate of drug-likeness (QED) is 0.473. The summed E-state index contributed by atoms with van der Waals surface area (Å²) in [6, 6.07) is 1.23. The summed E-state index contributed by atoms with van der Waals surface area (Å²) in [4.78, 5) is 2.21. The Morgan fingerprint density at radius 1 is 1.30 bits per heavy atom. The van der Waals surface area contributed by atoms with Gasteiger partial charge in [0.15, 0.2) is 7.38 Å². The monoisotopic (exact) mass is 179 g/mol. The molecule has 0 aliphatic rings. The van der Waals surface area contributed by atoms with Crippen LogP contribution in [-0.4, -0.2) is 32.9 Å². The minimum Gasteiger partial charge on any atom is -0.309 e. The molecule has 0 fully saturated rings. The van der Waals surface area contributed by atoms with E-state index < -0.39 is 7.38 Å². The van der Waals surface area contributed by atoms with Gasteiger partial charge < -0.3 is 4.90 Å². The minimum atomic E-state index is -1.28. The first-order valence-corrected chi connectivity index (χ1v) is 7.97. The molecular formula is C7H18ClNSi. The summed E-state index contributed by atoms with van der Waals surface area (Å²) < 4.78 is 0. The molecule has 0 aromatic carbocycles. The molecule has 0 bridgehead atoms. The second-order valence-electron chi connectivity index (χ2n) is 3.63. The molecule has 10 heavy (non-hydrogen) atoms. The second-order valence-corrected chi connectivity index (χ2v) is 10.6. The van der Waals surface area contributed by atoms with Crippen LogP contribution in [0.25, 0.3) is 0 Å². The van der Waals surface area contributed by atoms with Crippen molar-refractivity contribution in [2.45, 2.75) is 25.6 Å². The van der Waals surface area contributed by atoms with E-state index in [9.17, 15) is 0 Å². The average molecular weight is 180 g/mol. The van der Waals surface area contributed by atoms with Crippen LogP contribution < -0.4 is 0 Å². The molecule has 0 amide bonds. The fourth-order valence-corrected chi connectivity index (χ4v) is 2.22. The van der Waals surface area contributed by atoms with Crippen molar-refractivity contribution in [1.29, 1.82) is 0 Å². The van der Waals surface area contributed by atoms with Crippen LogP contribution >= 0.6 is 11.1 Å². The van der Waals surface area contributed by atoms with Crippen LogP contribution in [-0.2, 0) is 0 Å². The lowest BCUT2D eigenvalue weighted by Crippen LogP contribution is -2.20. The van der Waals surface area contributed by atoms with Crippen LogP contribution in [0.3, 0.4) is 0 Å². The molecule has 0 saturated heterocycles. The molecule has 0 aromatic rings. The summed E-state index contributed by atoms with van der Waals surface area (Å²) in [6.45, 7) is 5.57. The average Bonchev–Trinajstić information content (AvgIpc) is 1.59. The maximum absolute atomic E-state index is 6.14. The Balaban J connectivity index is 3.21. The van der Waals surface area contributed by atoms with E-state index >= 15 is 0 Å². The molecule has 0 heterocycles. The van der Waals surface area contributed by atoms with Crippen LogP contribution in [0.2, 0.25) is 19.1 Å². The van der Waals surface area contributed by atoms with Crippen LogP contribution in [0, 0.1) is 0 Å². The van der Waals surface area contributed by atoms with Gasteiger partial charge in [0.2, 0.25) is 0 Å².